The summed E-state index contributed by atoms with van der Waals surface area (Å²) in [7, 11) is 2.09. The molecule has 15 heavy (non-hydrogen) atoms. The molecule has 1 atom stereocenters. The lowest BCUT2D eigenvalue weighted by Gasteiger charge is -2.37. The minimum absolute atomic E-state index is 0.151. The van der Waals surface area contributed by atoms with Crippen molar-refractivity contribution in [1.29, 1.82) is 0 Å². The van der Waals surface area contributed by atoms with E-state index in [4.69, 9.17) is 5.73 Å². The third-order valence-corrected chi connectivity index (χ3v) is 3.68. The molecule has 2 aliphatic rings. The van der Waals surface area contributed by atoms with Gasteiger partial charge in [0.05, 0.1) is 5.54 Å². The highest BCUT2D eigenvalue weighted by atomic mass is 16.2. The van der Waals surface area contributed by atoms with Crippen molar-refractivity contribution in [2.24, 2.45) is 11.7 Å². The summed E-state index contributed by atoms with van der Waals surface area (Å²) in [5, 5.41) is 0. The number of amides is 1. The van der Waals surface area contributed by atoms with E-state index in [1.165, 1.54) is 0 Å². The Morgan fingerprint density at radius 2 is 1.80 bits per heavy atom. The van der Waals surface area contributed by atoms with Crippen molar-refractivity contribution >= 4 is 5.91 Å². The fourth-order valence-corrected chi connectivity index (χ4v) is 2.21. The molecule has 2 rings (SSSR count). The van der Waals surface area contributed by atoms with E-state index in [2.05, 4.69) is 11.9 Å². The van der Waals surface area contributed by atoms with Gasteiger partial charge in [-0.25, -0.2) is 0 Å². The summed E-state index contributed by atoms with van der Waals surface area (Å²) < 4.78 is 0. The molecule has 0 bridgehead atoms. The molecule has 2 fully saturated rings. The lowest BCUT2D eigenvalue weighted by Crippen LogP contribution is -2.58. The number of nitrogens with zero attached hydrogens (tertiary/aromatic N) is 2. The summed E-state index contributed by atoms with van der Waals surface area (Å²) in [5.74, 6) is 0.572. The molecule has 1 amide bonds. The third-order valence-electron chi connectivity index (χ3n) is 3.68. The summed E-state index contributed by atoms with van der Waals surface area (Å²) >= 11 is 0. The maximum atomic E-state index is 12.2. The Hall–Kier alpha value is -0.610. The predicted molar refractivity (Wildman–Crippen MR) is 59.4 cm³/mol. The number of carbonyl (C=O) groups is 1. The van der Waals surface area contributed by atoms with Gasteiger partial charge >= 0.3 is 0 Å². The van der Waals surface area contributed by atoms with Crippen molar-refractivity contribution in [1.82, 2.24) is 9.80 Å². The van der Waals surface area contributed by atoms with E-state index in [0.29, 0.717) is 5.92 Å². The van der Waals surface area contributed by atoms with Crippen LogP contribution < -0.4 is 5.73 Å². The van der Waals surface area contributed by atoms with Crippen molar-refractivity contribution in [2.75, 3.05) is 33.2 Å². The van der Waals surface area contributed by atoms with E-state index < -0.39 is 5.54 Å². The van der Waals surface area contributed by atoms with E-state index >= 15 is 0 Å². The lowest BCUT2D eigenvalue weighted by atomic mass is 9.95. The fourth-order valence-electron chi connectivity index (χ4n) is 2.21. The first kappa shape index (κ1) is 10.9. The van der Waals surface area contributed by atoms with Crippen LogP contribution in [0.3, 0.4) is 0 Å². The summed E-state index contributed by atoms with van der Waals surface area (Å²) in [6.07, 6.45) is 2.24. The Morgan fingerprint density at radius 1 is 1.27 bits per heavy atom. The number of carbonyl (C=O) groups excluding carboxylic acids is 1. The number of nitrogens with two attached hydrogens (primary N) is 1. The van der Waals surface area contributed by atoms with Crippen LogP contribution in [0.15, 0.2) is 0 Å². The van der Waals surface area contributed by atoms with Crippen LogP contribution in [0.2, 0.25) is 0 Å². The Balaban J connectivity index is 1.95. The minimum Gasteiger partial charge on any atom is -0.339 e. The molecule has 4 heteroatoms. The smallest absolute Gasteiger partial charge is 0.242 e. The highest BCUT2D eigenvalue weighted by molar-refractivity contribution is 5.86. The van der Waals surface area contributed by atoms with E-state index in [1.807, 2.05) is 11.8 Å². The van der Waals surface area contributed by atoms with Gasteiger partial charge in [0.1, 0.15) is 0 Å². The van der Waals surface area contributed by atoms with Crippen LogP contribution in [0, 0.1) is 5.92 Å². The van der Waals surface area contributed by atoms with E-state index in [9.17, 15) is 4.79 Å². The molecule has 1 unspecified atom stereocenters. The van der Waals surface area contributed by atoms with Crippen LogP contribution in [0.1, 0.15) is 19.8 Å². The second-order valence-corrected chi connectivity index (χ2v) is 5.15. The monoisotopic (exact) mass is 211 g/mol. The number of rotatable bonds is 2. The SMILES string of the molecule is CN1CCN(C(=O)C(C)(N)C2CC2)CC1. The molecular formula is C11H21N3O. The van der Waals surface area contributed by atoms with Crippen LogP contribution in [0.4, 0.5) is 0 Å². The quantitative estimate of drug-likeness (QED) is 0.693. The first-order valence-electron chi connectivity index (χ1n) is 5.78. The van der Waals surface area contributed by atoms with Gasteiger partial charge in [0, 0.05) is 26.2 Å². The topological polar surface area (TPSA) is 49.6 Å². The molecule has 1 aliphatic carbocycles. The Labute approximate surface area is 91.4 Å². The van der Waals surface area contributed by atoms with E-state index in [1.54, 1.807) is 0 Å². The molecule has 4 nitrogen and oxygen atoms in total. The molecule has 0 spiro atoms. The van der Waals surface area contributed by atoms with Gasteiger partial charge in [0.2, 0.25) is 5.91 Å². The van der Waals surface area contributed by atoms with Gasteiger partial charge in [-0.05, 0) is 32.7 Å². The molecule has 0 radical (unpaired) electrons. The zero-order chi connectivity index (χ0) is 11.1. The van der Waals surface area contributed by atoms with Crippen molar-refractivity contribution < 1.29 is 4.79 Å². The maximum Gasteiger partial charge on any atom is 0.242 e. The highest BCUT2D eigenvalue weighted by Crippen LogP contribution is 2.39. The molecule has 1 saturated heterocycles. The largest absolute Gasteiger partial charge is 0.339 e. The molecule has 0 aromatic heterocycles. The summed E-state index contributed by atoms with van der Waals surface area (Å²) in [4.78, 5) is 16.4. The van der Waals surface area contributed by atoms with Gasteiger partial charge in [0.25, 0.3) is 0 Å². The van der Waals surface area contributed by atoms with Gasteiger partial charge in [-0.1, -0.05) is 0 Å². The zero-order valence-corrected chi connectivity index (χ0v) is 9.70. The fraction of sp³-hybridized carbons (Fsp3) is 0.909. The van der Waals surface area contributed by atoms with Crippen molar-refractivity contribution in [3.8, 4) is 0 Å². The summed E-state index contributed by atoms with van der Waals surface area (Å²) in [6, 6.07) is 0. The summed E-state index contributed by atoms with van der Waals surface area (Å²) in [6.45, 7) is 5.48. The van der Waals surface area contributed by atoms with Crippen LogP contribution in [-0.2, 0) is 4.79 Å². The number of hydrogen-bond donors (Lipinski definition) is 1. The highest BCUT2D eigenvalue weighted by Gasteiger charge is 2.46. The predicted octanol–water partition coefficient (Wildman–Crippen LogP) is -0.112. The first-order chi connectivity index (χ1) is 7.01. The maximum absolute atomic E-state index is 12.2. The van der Waals surface area contributed by atoms with Gasteiger partial charge in [-0.15, -0.1) is 0 Å². The van der Waals surface area contributed by atoms with E-state index in [-0.39, 0.29) is 5.91 Å². The minimum atomic E-state index is -0.615. The van der Waals surface area contributed by atoms with Crippen molar-refractivity contribution in [3.05, 3.63) is 0 Å². The first-order valence-corrected chi connectivity index (χ1v) is 5.78. The normalized spacial score (nSPS) is 27.5. The zero-order valence-electron chi connectivity index (χ0n) is 9.70. The molecule has 2 N–H and O–H groups in total. The molecule has 1 heterocycles. The molecule has 86 valence electrons. The number of hydrogen-bond acceptors (Lipinski definition) is 3. The molecule has 1 saturated carbocycles. The van der Waals surface area contributed by atoms with Crippen molar-refractivity contribution in [2.45, 2.75) is 25.3 Å². The van der Waals surface area contributed by atoms with Gasteiger partial charge in [0.15, 0.2) is 0 Å². The van der Waals surface area contributed by atoms with Gasteiger partial charge < -0.3 is 15.5 Å². The second-order valence-electron chi connectivity index (χ2n) is 5.15. The molecule has 0 aromatic carbocycles. The summed E-state index contributed by atoms with van der Waals surface area (Å²) in [5.41, 5.74) is 5.51. The van der Waals surface area contributed by atoms with Crippen LogP contribution >= 0.6 is 0 Å². The lowest BCUT2D eigenvalue weighted by molar-refractivity contribution is -0.138. The van der Waals surface area contributed by atoms with E-state index in [0.717, 1.165) is 39.0 Å². The molecule has 0 aromatic rings. The average molecular weight is 211 g/mol. The van der Waals surface area contributed by atoms with Crippen molar-refractivity contribution in [3.63, 3.8) is 0 Å². The Morgan fingerprint density at radius 3 is 2.27 bits per heavy atom. The standard InChI is InChI=1S/C11H21N3O/c1-11(12,9-3-4-9)10(15)14-7-5-13(2)6-8-14/h9H,3-8,12H2,1-2H3. The van der Waals surface area contributed by atoms with Crippen LogP contribution in [0.25, 0.3) is 0 Å². The third kappa shape index (κ3) is 2.16. The average Bonchev–Trinajstić information content (AvgIpc) is 3.01. The number of likely N-dealkylation sites (N-methyl/N-ethyl adjacent to an activating group) is 1. The molecular weight excluding hydrogens is 190 g/mol. The molecule has 1 aliphatic heterocycles. The van der Waals surface area contributed by atoms with Crippen LogP contribution in [0.5, 0.6) is 0 Å². The number of piperazine rings is 1. The second kappa shape index (κ2) is 3.76. The van der Waals surface area contributed by atoms with Gasteiger partial charge in [-0.3, -0.25) is 4.79 Å². The Bertz CT molecular complexity index is 253. The van der Waals surface area contributed by atoms with Gasteiger partial charge in [-0.2, -0.15) is 0 Å². The Kier molecular flexibility index (Phi) is 2.73. The van der Waals surface area contributed by atoms with Crippen LogP contribution in [-0.4, -0.2) is 54.5 Å².